The summed E-state index contributed by atoms with van der Waals surface area (Å²) in [6, 6.07) is 36.0. The second kappa shape index (κ2) is 7.92. The van der Waals surface area contributed by atoms with Gasteiger partial charge in [-0.3, -0.25) is 0 Å². The summed E-state index contributed by atoms with van der Waals surface area (Å²) in [6.45, 7) is 0. The molecule has 29 heavy (non-hydrogen) atoms. The van der Waals surface area contributed by atoms with Crippen LogP contribution in [0, 0.1) is 0 Å². The molecule has 0 unspecified atom stereocenters. The maximum absolute atomic E-state index is 6.13. The average Bonchev–Trinajstić information content (AvgIpc) is 2.80. The van der Waals surface area contributed by atoms with Gasteiger partial charge in [-0.15, -0.1) is 0 Å². The van der Waals surface area contributed by atoms with Gasteiger partial charge < -0.3 is 4.74 Å². The van der Waals surface area contributed by atoms with Crippen LogP contribution in [0.15, 0.2) is 109 Å². The van der Waals surface area contributed by atoms with Crippen molar-refractivity contribution in [3.63, 3.8) is 0 Å². The molecule has 0 atom stereocenters. The molecule has 0 amide bonds. The lowest BCUT2D eigenvalue weighted by atomic mass is 9.97. The van der Waals surface area contributed by atoms with Crippen molar-refractivity contribution in [2.45, 2.75) is 12.2 Å². The Morgan fingerprint density at radius 1 is 0.552 bits per heavy atom. The first-order chi connectivity index (χ1) is 14.4. The Morgan fingerprint density at radius 3 is 1.52 bits per heavy atom. The molecule has 4 aromatic rings. The van der Waals surface area contributed by atoms with Gasteiger partial charge in [0.1, 0.15) is 17.6 Å². The lowest BCUT2D eigenvalue weighted by Gasteiger charge is -2.28. The monoisotopic (exact) mass is 380 g/mol. The Hall–Kier alpha value is -3.40. The third-order valence-corrected chi connectivity index (χ3v) is 5.08. The van der Waals surface area contributed by atoms with Crippen molar-refractivity contribution in [2.75, 3.05) is 0 Å². The van der Waals surface area contributed by atoms with Gasteiger partial charge in [0.25, 0.3) is 0 Å². The number of para-hydroxylation sites is 2. The van der Waals surface area contributed by atoms with Crippen LogP contribution in [0.1, 0.15) is 34.5 Å². The standard InChI is InChI=1S/C26H20O3/c1-3-11-19(12-4-1)25(20-13-5-2-6-14-20)28-29-26-21-15-7-9-17-23(21)27-24-18-10-8-16-22(24)26/h1-18,25-26H. The zero-order chi connectivity index (χ0) is 19.5. The first kappa shape index (κ1) is 17.7. The Kier molecular flexibility index (Phi) is 4.83. The predicted molar refractivity (Wildman–Crippen MR) is 112 cm³/mol. The van der Waals surface area contributed by atoms with E-state index in [-0.39, 0.29) is 12.2 Å². The molecule has 5 rings (SSSR count). The molecule has 1 aliphatic rings. The number of hydrogen-bond donors (Lipinski definition) is 0. The summed E-state index contributed by atoms with van der Waals surface area (Å²) in [5.74, 6) is 1.58. The first-order valence-corrected chi connectivity index (χ1v) is 9.68. The third-order valence-electron chi connectivity index (χ3n) is 5.08. The molecule has 0 saturated heterocycles. The summed E-state index contributed by atoms with van der Waals surface area (Å²) in [6.07, 6.45) is -0.703. The van der Waals surface area contributed by atoms with Crippen molar-refractivity contribution >= 4 is 0 Å². The van der Waals surface area contributed by atoms with Crippen LogP contribution in [0.4, 0.5) is 0 Å². The molecule has 1 aliphatic heterocycles. The Balaban J connectivity index is 1.49. The lowest BCUT2D eigenvalue weighted by Crippen LogP contribution is -2.16. The van der Waals surface area contributed by atoms with Crippen LogP contribution in [0.2, 0.25) is 0 Å². The van der Waals surface area contributed by atoms with E-state index in [1.807, 2.05) is 109 Å². The predicted octanol–water partition coefficient (Wildman–Crippen LogP) is 6.62. The van der Waals surface area contributed by atoms with Crippen LogP contribution in [0.3, 0.4) is 0 Å². The van der Waals surface area contributed by atoms with Crippen molar-refractivity contribution in [3.8, 4) is 11.5 Å². The van der Waals surface area contributed by atoms with Crippen molar-refractivity contribution < 1.29 is 14.5 Å². The highest BCUT2D eigenvalue weighted by atomic mass is 17.2. The SMILES string of the molecule is c1ccc(C(OOC2c3ccccc3Oc3ccccc32)c2ccccc2)cc1. The van der Waals surface area contributed by atoms with Gasteiger partial charge in [-0.25, -0.2) is 9.78 Å². The largest absolute Gasteiger partial charge is 0.457 e. The van der Waals surface area contributed by atoms with Crippen LogP contribution in [0.25, 0.3) is 0 Å². The van der Waals surface area contributed by atoms with E-state index in [0.29, 0.717) is 0 Å². The zero-order valence-electron chi connectivity index (χ0n) is 15.8. The number of rotatable bonds is 5. The maximum atomic E-state index is 6.13. The van der Waals surface area contributed by atoms with Gasteiger partial charge in [-0.05, 0) is 23.3 Å². The molecular weight excluding hydrogens is 360 g/mol. The zero-order valence-corrected chi connectivity index (χ0v) is 15.8. The summed E-state index contributed by atoms with van der Waals surface area (Å²) >= 11 is 0. The van der Waals surface area contributed by atoms with E-state index in [4.69, 9.17) is 14.5 Å². The number of benzene rings is 4. The van der Waals surface area contributed by atoms with Crippen molar-refractivity contribution in [2.24, 2.45) is 0 Å². The number of ether oxygens (including phenoxy) is 1. The highest BCUT2D eigenvalue weighted by Gasteiger charge is 2.30. The summed E-state index contributed by atoms with van der Waals surface area (Å²) in [7, 11) is 0. The Bertz CT molecular complexity index is 1010. The summed E-state index contributed by atoms with van der Waals surface area (Å²) < 4.78 is 6.05. The van der Waals surface area contributed by atoms with E-state index >= 15 is 0 Å². The van der Waals surface area contributed by atoms with E-state index in [0.717, 1.165) is 33.8 Å². The minimum absolute atomic E-state index is 0.334. The van der Waals surface area contributed by atoms with Crippen molar-refractivity contribution in [3.05, 3.63) is 131 Å². The molecule has 0 aromatic heterocycles. The molecule has 0 aliphatic carbocycles. The summed E-state index contributed by atoms with van der Waals surface area (Å²) in [5.41, 5.74) is 3.97. The Morgan fingerprint density at radius 2 is 1.00 bits per heavy atom. The number of fused-ring (bicyclic) bond motifs is 2. The van der Waals surface area contributed by atoms with E-state index < -0.39 is 0 Å². The summed E-state index contributed by atoms with van der Waals surface area (Å²) in [5, 5.41) is 0. The van der Waals surface area contributed by atoms with E-state index in [1.54, 1.807) is 0 Å². The fourth-order valence-electron chi connectivity index (χ4n) is 3.64. The van der Waals surface area contributed by atoms with Crippen LogP contribution < -0.4 is 4.74 Å². The van der Waals surface area contributed by atoms with Gasteiger partial charge in [0.15, 0.2) is 6.10 Å². The molecule has 0 fully saturated rings. The van der Waals surface area contributed by atoms with Gasteiger partial charge in [0.2, 0.25) is 0 Å². The van der Waals surface area contributed by atoms with Crippen LogP contribution in [-0.2, 0) is 9.78 Å². The highest BCUT2D eigenvalue weighted by molar-refractivity contribution is 5.51. The fourth-order valence-corrected chi connectivity index (χ4v) is 3.64. The molecule has 4 aromatic carbocycles. The molecule has 3 nitrogen and oxygen atoms in total. The van der Waals surface area contributed by atoms with Crippen LogP contribution in [-0.4, -0.2) is 0 Å². The molecule has 0 radical (unpaired) electrons. The van der Waals surface area contributed by atoms with E-state index in [9.17, 15) is 0 Å². The van der Waals surface area contributed by atoms with Crippen molar-refractivity contribution in [1.82, 2.24) is 0 Å². The van der Waals surface area contributed by atoms with Crippen molar-refractivity contribution in [1.29, 1.82) is 0 Å². The second-order valence-electron chi connectivity index (χ2n) is 6.95. The van der Waals surface area contributed by atoms with E-state index in [2.05, 4.69) is 0 Å². The third kappa shape index (κ3) is 3.54. The normalized spacial score (nSPS) is 12.9. The minimum Gasteiger partial charge on any atom is -0.457 e. The van der Waals surface area contributed by atoms with Gasteiger partial charge in [-0.2, -0.15) is 0 Å². The van der Waals surface area contributed by atoms with E-state index in [1.165, 1.54) is 0 Å². The fraction of sp³-hybridized carbons (Fsp3) is 0.0769. The molecule has 0 N–H and O–H groups in total. The highest BCUT2D eigenvalue weighted by Crippen LogP contribution is 2.45. The molecule has 142 valence electrons. The molecule has 1 heterocycles. The molecule has 0 bridgehead atoms. The van der Waals surface area contributed by atoms with Gasteiger partial charge in [-0.1, -0.05) is 97.1 Å². The first-order valence-electron chi connectivity index (χ1n) is 9.68. The second-order valence-corrected chi connectivity index (χ2v) is 6.95. The number of hydrogen-bond acceptors (Lipinski definition) is 3. The quantitative estimate of drug-likeness (QED) is 0.288. The molecule has 0 spiro atoms. The molecule has 0 saturated carbocycles. The minimum atomic E-state index is -0.369. The maximum Gasteiger partial charge on any atom is 0.150 e. The van der Waals surface area contributed by atoms with Gasteiger partial charge >= 0.3 is 0 Å². The molecule has 3 heteroatoms. The lowest BCUT2D eigenvalue weighted by molar-refractivity contribution is -0.341. The van der Waals surface area contributed by atoms with Gasteiger partial charge in [0, 0.05) is 11.1 Å². The smallest absolute Gasteiger partial charge is 0.150 e. The molecular formula is C26H20O3. The van der Waals surface area contributed by atoms with Crippen LogP contribution in [0.5, 0.6) is 11.5 Å². The van der Waals surface area contributed by atoms with Crippen LogP contribution >= 0.6 is 0 Å². The topological polar surface area (TPSA) is 27.7 Å². The summed E-state index contributed by atoms with van der Waals surface area (Å²) in [4.78, 5) is 12.2. The average molecular weight is 380 g/mol. The van der Waals surface area contributed by atoms with Gasteiger partial charge in [0.05, 0.1) is 0 Å². The Labute approximate surface area is 170 Å².